The highest BCUT2D eigenvalue weighted by Gasteiger charge is 2.26. The van der Waals surface area contributed by atoms with Crippen LogP contribution >= 0.6 is 11.6 Å². The van der Waals surface area contributed by atoms with E-state index in [2.05, 4.69) is 10.3 Å². The number of nitrogens with one attached hydrogen (secondary N) is 1. The number of carbonyl (C=O) groups is 2. The highest BCUT2D eigenvalue weighted by Crippen LogP contribution is 2.24. The predicted octanol–water partition coefficient (Wildman–Crippen LogP) is 2.11. The number of pyridine rings is 1. The van der Waals surface area contributed by atoms with Crippen LogP contribution in [0, 0.1) is 5.92 Å². The third-order valence-electron chi connectivity index (χ3n) is 3.40. The van der Waals surface area contributed by atoms with E-state index in [1.807, 2.05) is 0 Å². The summed E-state index contributed by atoms with van der Waals surface area (Å²) >= 11 is 5.66. The van der Waals surface area contributed by atoms with Crippen LogP contribution in [-0.4, -0.2) is 28.0 Å². The van der Waals surface area contributed by atoms with Crippen molar-refractivity contribution in [2.24, 2.45) is 5.92 Å². The Labute approximate surface area is 116 Å². The van der Waals surface area contributed by atoms with Gasteiger partial charge in [0.1, 0.15) is 5.15 Å². The third-order valence-corrected chi connectivity index (χ3v) is 3.62. The maximum atomic E-state index is 11.9. The van der Waals surface area contributed by atoms with Gasteiger partial charge in [-0.05, 0) is 37.8 Å². The Balaban J connectivity index is 1.87. The lowest BCUT2D eigenvalue weighted by Crippen LogP contribution is -2.38. The second kappa shape index (κ2) is 6.02. The van der Waals surface area contributed by atoms with E-state index in [4.69, 9.17) is 16.7 Å². The summed E-state index contributed by atoms with van der Waals surface area (Å²) < 4.78 is 0. The molecule has 6 heteroatoms. The van der Waals surface area contributed by atoms with Crippen LogP contribution in [0.4, 0.5) is 0 Å². The fourth-order valence-corrected chi connectivity index (χ4v) is 2.38. The average Bonchev–Trinajstić information content (AvgIpc) is 2.40. The van der Waals surface area contributed by atoms with Gasteiger partial charge in [0.25, 0.3) is 5.91 Å². The molecule has 0 aromatic carbocycles. The normalized spacial score (nSPS) is 22.8. The number of hydrogen-bond acceptors (Lipinski definition) is 3. The molecule has 0 unspecified atom stereocenters. The summed E-state index contributed by atoms with van der Waals surface area (Å²) in [4.78, 5) is 26.6. The summed E-state index contributed by atoms with van der Waals surface area (Å²) in [5, 5.41) is 12.1. The predicted molar refractivity (Wildman–Crippen MR) is 70.1 cm³/mol. The minimum atomic E-state index is -0.744. The standard InChI is InChI=1S/C13H15ClN2O3/c14-11-6-3-9(7-15-11)12(17)16-10-4-1-8(2-5-10)13(18)19/h3,6-8,10H,1-2,4-5H2,(H,16,17)(H,18,19). The maximum absolute atomic E-state index is 11.9. The zero-order valence-corrected chi connectivity index (χ0v) is 11.1. The number of carboxylic acid groups (broad SMARTS) is 1. The highest BCUT2D eigenvalue weighted by molar-refractivity contribution is 6.29. The van der Waals surface area contributed by atoms with Crippen molar-refractivity contribution >= 4 is 23.5 Å². The number of amides is 1. The van der Waals surface area contributed by atoms with Crippen LogP contribution in [0.15, 0.2) is 18.3 Å². The molecular formula is C13H15ClN2O3. The van der Waals surface area contributed by atoms with Crippen LogP contribution < -0.4 is 5.32 Å². The van der Waals surface area contributed by atoms with Crippen molar-refractivity contribution in [1.29, 1.82) is 0 Å². The molecule has 102 valence electrons. The lowest BCUT2D eigenvalue weighted by atomic mass is 9.86. The monoisotopic (exact) mass is 282 g/mol. The van der Waals surface area contributed by atoms with Gasteiger partial charge in [0.2, 0.25) is 0 Å². The molecule has 19 heavy (non-hydrogen) atoms. The summed E-state index contributed by atoms with van der Waals surface area (Å²) in [6, 6.07) is 3.23. The largest absolute Gasteiger partial charge is 0.481 e. The molecule has 0 atom stereocenters. The molecular weight excluding hydrogens is 268 g/mol. The second-order valence-electron chi connectivity index (χ2n) is 4.73. The zero-order chi connectivity index (χ0) is 13.8. The molecule has 0 spiro atoms. The van der Waals surface area contributed by atoms with Crippen molar-refractivity contribution < 1.29 is 14.7 Å². The fraction of sp³-hybridized carbons (Fsp3) is 0.462. The number of carboxylic acids is 1. The second-order valence-corrected chi connectivity index (χ2v) is 5.12. The number of carbonyl (C=O) groups excluding carboxylic acids is 1. The van der Waals surface area contributed by atoms with Gasteiger partial charge in [0.15, 0.2) is 0 Å². The Kier molecular flexibility index (Phi) is 4.37. The van der Waals surface area contributed by atoms with Crippen molar-refractivity contribution in [3.05, 3.63) is 29.0 Å². The van der Waals surface area contributed by atoms with Crippen LogP contribution in [0.25, 0.3) is 0 Å². The van der Waals surface area contributed by atoms with Crippen LogP contribution in [0.3, 0.4) is 0 Å². The summed E-state index contributed by atoms with van der Waals surface area (Å²) in [7, 11) is 0. The smallest absolute Gasteiger partial charge is 0.306 e. The Bertz CT molecular complexity index is 467. The number of hydrogen-bond donors (Lipinski definition) is 2. The molecule has 1 aliphatic carbocycles. The molecule has 0 aliphatic heterocycles. The molecule has 1 fully saturated rings. The van der Waals surface area contributed by atoms with Crippen LogP contribution in [-0.2, 0) is 4.79 Å². The molecule has 1 aliphatic rings. The molecule has 2 N–H and O–H groups in total. The first-order chi connectivity index (χ1) is 9.06. The van der Waals surface area contributed by atoms with Gasteiger partial charge in [-0.25, -0.2) is 4.98 Å². The van der Waals surface area contributed by atoms with Crippen molar-refractivity contribution in [2.75, 3.05) is 0 Å². The number of aromatic nitrogens is 1. The molecule has 0 saturated heterocycles. The van der Waals surface area contributed by atoms with E-state index >= 15 is 0 Å². The number of halogens is 1. The van der Waals surface area contributed by atoms with Gasteiger partial charge >= 0.3 is 5.97 Å². The minimum Gasteiger partial charge on any atom is -0.481 e. The first-order valence-electron chi connectivity index (χ1n) is 6.21. The SMILES string of the molecule is O=C(NC1CCC(C(=O)O)CC1)c1ccc(Cl)nc1. The first kappa shape index (κ1) is 13.8. The average molecular weight is 283 g/mol. The van der Waals surface area contributed by atoms with Gasteiger partial charge in [-0.2, -0.15) is 0 Å². The van der Waals surface area contributed by atoms with E-state index in [1.165, 1.54) is 6.20 Å². The van der Waals surface area contributed by atoms with Gasteiger partial charge in [-0.3, -0.25) is 9.59 Å². The highest BCUT2D eigenvalue weighted by atomic mass is 35.5. The molecule has 5 nitrogen and oxygen atoms in total. The lowest BCUT2D eigenvalue weighted by Gasteiger charge is -2.26. The maximum Gasteiger partial charge on any atom is 0.306 e. The summed E-state index contributed by atoms with van der Waals surface area (Å²) in [6.45, 7) is 0. The van der Waals surface area contributed by atoms with Crippen molar-refractivity contribution in [1.82, 2.24) is 10.3 Å². The topological polar surface area (TPSA) is 79.3 Å². The van der Waals surface area contributed by atoms with E-state index in [0.717, 1.165) is 0 Å². The molecule has 0 bridgehead atoms. The van der Waals surface area contributed by atoms with Gasteiger partial charge in [0, 0.05) is 12.2 Å². The third kappa shape index (κ3) is 3.67. The minimum absolute atomic E-state index is 0.0405. The van der Waals surface area contributed by atoms with E-state index in [0.29, 0.717) is 36.4 Å². The summed E-state index contributed by atoms with van der Waals surface area (Å²) in [5.41, 5.74) is 0.463. The zero-order valence-electron chi connectivity index (χ0n) is 10.3. The van der Waals surface area contributed by atoms with E-state index < -0.39 is 5.97 Å². The fourth-order valence-electron chi connectivity index (χ4n) is 2.26. The number of nitrogens with zero attached hydrogens (tertiary/aromatic N) is 1. The molecule has 1 amide bonds. The molecule has 1 heterocycles. The number of aliphatic carboxylic acids is 1. The van der Waals surface area contributed by atoms with Crippen LogP contribution in [0.5, 0.6) is 0 Å². The van der Waals surface area contributed by atoms with Gasteiger partial charge in [0.05, 0.1) is 11.5 Å². The Morgan fingerprint density at radius 1 is 1.26 bits per heavy atom. The Hall–Kier alpha value is -1.62. The molecule has 1 aromatic heterocycles. The lowest BCUT2D eigenvalue weighted by molar-refractivity contribution is -0.142. The van der Waals surface area contributed by atoms with Gasteiger partial charge in [-0.1, -0.05) is 11.6 Å². The van der Waals surface area contributed by atoms with Crippen molar-refractivity contribution in [3.8, 4) is 0 Å². The summed E-state index contributed by atoms with van der Waals surface area (Å²) in [6.07, 6.45) is 4.05. The van der Waals surface area contributed by atoms with Gasteiger partial charge in [-0.15, -0.1) is 0 Å². The van der Waals surface area contributed by atoms with Gasteiger partial charge < -0.3 is 10.4 Å². The molecule has 0 radical (unpaired) electrons. The summed E-state index contributed by atoms with van der Waals surface area (Å²) in [5.74, 6) is -1.21. The van der Waals surface area contributed by atoms with E-state index in [-0.39, 0.29) is 17.9 Å². The van der Waals surface area contributed by atoms with Crippen LogP contribution in [0.2, 0.25) is 5.15 Å². The number of rotatable bonds is 3. The van der Waals surface area contributed by atoms with E-state index in [1.54, 1.807) is 12.1 Å². The first-order valence-corrected chi connectivity index (χ1v) is 6.59. The molecule has 1 saturated carbocycles. The van der Waals surface area contributed by atoms with Crippen molar-refractivity contribution in [2.45, 2.75) is 31.7 Å². The quantitative estimate of drug-likeness (QED) is 0.832. The van der Waals surface area contributed by atoms with Crippen LogP contribution in [0.1, 0.15) is 36.0 Å². The Morgan fingerprint density at radius 3 is 2.47 bits per heavy atom. The molecule has 2 rings (SSSR count). The van der Waals surface area contributed by atoms with E-state index in [9.17, 15) is 9.59 Å². The Morgan fingerprint density at radius 2 is 1.95 bits per heavy atom. The van der Waals surface area contributed by atoms with Crippen molar-refractivity contribution in [3.63, 3.8) is 0 Å². The molecule has 1 aromatic rings.